The van der Waals surface area contributed by atoms with Crippen LogP contribution < -0.4 is 0 Å². The Hall–Kier alpha value is -0.590. The third kappa shape index (κ3) is 2.43. The standard InChI is InChI=1S/C12H18O/c1-9(13)7-10-3-2-4-12(8-10)11-5-6-11/h7,11-12H,2-6,8H2,1H3/b10-7-. The zero-order valence-corrected chi connectivity index (χ0v) is 8.38. The molecule has 0 aromatic carbocycles. The second-order valence-electron chi connectivity index (χ2n) is 4.61. The van der Waals surface area contributed by atoms with Gasteiger partial charge in [0, 0.05) is 0 Å². The molecule has 0 N–H and O–H groups in total. The molecule has 0 radical (unpaired) electrons. The molecule has 0 spiro atoms. The van der Waals surface area contributed by atoms with Crippen molar-refractivity contribution in [1.29, 1.82) is 0 Å². The van der Waals surface area contributed by atoms with Crippen LogP contribution in [-0.4, -0.2) is 5.78 Å². The Kier molecular flexibility index (Phi) is 2.52. The van der Waals surface area contributed by atoms with Crippen molar-refractivity contribution in [2.24, 2.45) is 11.8 Å². The third-order valence-electron chi connectivity index (χ3n) is 3.29. The van der Waals surface area contributed by atoms with Crippen molar-refractivity contribution in [1.82, 2.24) is 0 Å². The number of rotatable bonds is 2. The molecular formula is C12H18O. The van der Waals surface area contributed by atoms with Crippen LogP contribution in [0, 0.1) is 11.8 Å². The van der Waals surface area contributed by atoms with E-state index in [1.165, 1.54) is 44.1 Å². The molecule has 1 atom stereocenters. The van der Waals surface area contributed by atoms with Crippen LogP contribution in [0.15, 0.2) is 11.6 Å². The van der Waals surface area contributed by atoms with Gasteiger partial charge < -0.3 is 0 Å². The van der Waals surface area contributed by atoms with Gasteiger partial charge in [-0.3, -0.25) is 4.79 Å². The highest BCUT2D eigenvalue weighted by atomic mass is 16.1. The Morgan fingerprint density at radius 1 is 1.31 bits per heavy atom. The lowest BCUT2D eigenvalue weighted by Crippen LogP contribution is -2.11. The van der Waals surface area contributed by atoms with E-state index in [0.29, 0.717) is 0 Å². The van der Waals surface area contributed by atoms with Gasteiger partial charge in [0.25, 0.3) is 0 Å². The van der Waals surface area contributed by atoms with Gasteiger partial charge >= 0.3 is 0 Å². The predicted molar refractivity (Wildman–Crippen MR) is 53.4 cm³/mol. The molecule has 1 heteroatoms. The summed E-state index contributed by atoms with van der Waals surface area (Å²) < 4.78 is 0. The second-order valence-corrected chi connectivity index (χ2v) is 4.61. The van der Waals surface area contributed by atoms with Crippen molar-refractivity contribution in [2.45, 2.75) is 45.4 Å². The minimum Gasteiger partial charge on any atom is -0.295 e. The average molecular weight is 178 g/mol. The molecule has 1 unspecified atom stereocenters. The van der Waals surface area contributed by atoms with E-state index in [0.717, 1.165) is 11.8 Å². The molecule has 1 nitrogen and oxygen atoms in total. The highest BCUT2D eigenvalue weighted by Gasteiger charge is 2.32. The second kappa shape index (κ2) is 3.65. The molecule has 0 aliphatic heterocycles. The molecule has 0 aromatic heterocycles. The Balaban J connectivity index is 1.94. The van der Waals surface area contributed by atoms with Crippen molar-refractivity contribution in [3.8, 4) is 0 Å². The summed E-state index contributed by atoms with van der Waals surface area (Å²) in [5, 5.41) is 0. The average Bonchev–Trinajstić information content (AvgIpc) is 2.85. The monoisotopic (exact) mass is 178 g/mol. The van der Waals surface area contributed by atoms with Gasteiger partial charge in [-0.05, 0) is 63.4 Å². The zero-order chi connectivity index (χ0) is 9.26. The summed E-state index contributed by atoms with van der Waals surface area (Å²) in [6.07, 6.45) is 9.85. The summed E-state index contributed by atoms with van der Waals surface area (Å²) in [5.74, 6) is 2.15. The number of allylic oxidation sites excluding steroid dienone is 2. The molecule has 2 aliphatic carbocycles. The summed E-state index contributed by atoms with van der Waals surface area (Å²) in [6, 6.07) is 0. The SMILES string of the molecule is CC(=O)/C=C1/CCCC(C2CC2)C1. The Morgan fingerprint density at radius 2 is 2.08 bits per heavy atom. The topological polar surface area (TPSA) is 17.1 Å². The van der Waals surface area contributed by atoms with Gasteiger partial charge in [-0.1, -0.05) is 5.57 Å². The van der Waals surface area contributed by atoms with Gasteiger partial charge in [0.05, 0.1) is 0 Å². The molecular weight excluding hydrogens is 160 g/mol. The highest BCUT2D eigenvalue weighted by Crippen LogP contribution is 2.45. The van der Waals surface area contributed by atoms with Crippen LogP contribution >= 0.6 is 0 Å². The summed E-state index contributed by atoms with van der Waals surface area (Å²) in [6.45, 7) is 1.66. The maximum Gasteiger partial charge on any atom is 0.152 e. The molecule has 0 saturated heterocycles. The third-order valence-corrected chi connectivity index (χ3v) is 3.29. The summed E-state index contributed by atoms with van der Waals surface area (Å²) in [7, 11) is 0. The minimum atomic E-state index is 0.228. The highest BCUT2D eigenvalue weighted by molar-refractivity contribution is 5.87. The molecule has 2 rings (SSSR count). The van der Waals surface area contributed by atoms with E-state index in [1.807, 2.05) is 6.08 Å². The van der Waals surface area contributed by atoms with Crippen LogP contribution in [0.4, 0.5) is 0 Å². The summed E-state index contributed by atoms with van der Waals surface area (Å²) in [4.78, 5) is 10.9. The number of carbonyl (C=O) groups is 1. The molecule has 0 aromatic rings. The number of hydrogen-bond donors (Lipinski definition) is 0. The Morgan fingerprint density at radius 3 is 2.69 bits per heavy atom. The lowest BCUT2D eigenvalue weighted by atomic mass is 9.82. The van der Waals surface area contributed by atoms with Crippen molar-refractivity contribution in [2.75, 3.05) is 0 Å². The van der Waals surface area contributed by atoms with Crippen LogP contribution in [0.25, 0.3) is 0 Å². The van der Waals surface area contributed by atoms with E-state index >= 15 is 0 Å². The summed E-state index contributed by atoms with van der Waals surface area (Å²) >= 11 is 0. The first-order valence-electron chi connectivity index (χ1n) is 5.45. The van der Waals surface area contributed by atoms with E-state index < -0.39 is 0 Å². The van der Waals surface area contributed by atoms with Crippen LogP contribution in [-0.2, 0) is 4.79 Å². The fraction of sp³-hybridized carbons (Fsp3) is 0.750. The van der Waals surface area contributed by atoms with Gasteiger partial charge in [-0.25, -0.2) is 0 Å². The van der Waals surface area contributed by atoms with E-state index in [9.17, 15) is 4.79 Å². The van der Waals surface area contributed by atoms with Crippen molar-refractivity contribution in [3.63, 3.8) is 0 Å². The maximum absolute atomic E-state index is 10.9. The van der Waals surface area contributed by atoms with Crippen LogP contribution in [0.1, 0.15) is 45.4 Å². The Labute approximate surface area is 80.2 Å². The zero-order valence-electron chi connectivity index (χ0n) is 8.38. The van der Waals surface area contributed by atoms with E-state index in [-0.39, 0.29) is 5.78 Å². The van der Waals surface area contributed by atoms with E-state index in [4.69, 9.17) is 0 Å². The van der Waals surface area contributed by atoms with E-state index in [1.54, 1.807) is 6.92 Å². The van der Waals surface area contributed by atoms with Crippen LogP contribution in [0.5, 0.6) is 0 Å². The fourth-order valence-corrected chi connectivity index (χ4v) is 2.52. The molecule has 0 amide bonds. The fourth-order valence-electron chi connectivity index (χ4n) is 2.52. The first-order valence-corrected chi connectivity index (χ1v) is 5.45. The van der Waals surface area contributed by atoms with Gasteiger partial charge in [-0.15, -0.1) is 0 Å². The minimum absolute atomic E-state index is 0.228. The van der Waals surface area contributed by atoms with Crippen LogP contribution in [0.2, 0.25) is 0 Å². The molecule has 13 heavy (non-hydrogen) atoms. The quantitative estimate of drug-likeness (QED) is 0.594. The number of carbonyl (C=O) groups excluding carboxylic acids is 1. The van der Waals surface area contributed by atoms with Crippen molar-refractivity contribution >= 4 is 5.78 Å². The Bertz CT molecular complexity index is 236. The van der Waals surface area contributed by atoms with E-state index in [2.05, 4.69) is 0 Å². The molecule has 0 bridgehead atoms. The first kappa shape index (κ1) is 8.98. The van der Waals surface area contributed by atoms with Crippen molar-refractivity contribution < 1.29 is 4.79 Å². The maximum atomic E-state index is 10.9. The lowest BCUT2D eigenvalue weighted by Gasteiger charge is -2.23. The van der Waals surface area contributed by atoms with Crippen molar-refractivity contribution in [3.05, 3.63) is 11.6 Å². The van der Waals surface area contributed by atoms with Gasteiger partial charge in [0.15, 0.2) is 5.78 Å². The smallest absolute Gasteiger partial charge is 0.152 e. The lowest BCUT2D eigenvalue weighted by molar-refractivity contribution is -0.112. The van der Waals surface area contributed by atoms with Gasteiger partial charge in [0.2, 0.25) is 0 Å². The normalized spacial score (nSPS) is 32.1. The first-order chi connectivity index (χ1) is 6.25. The largest absolute Gasteiger partial charge is 0.295 e. The summed E-state index contributed by atoms with van der Waals surface area (Å²) in [5.41, 5.74) is 1.41. The van der Waals surface area contributed by atoms with Crippen LogP contribution in [0.3, 0.4) is 0 Å². The number of hydrogen-bond acceptors (Lipinski definition) is 1. The molecule has 72 valence electrons. The molecule has 2 aliphatic rings. The molecule has 2 fully saturated rings. The molecule has 0 heterocycles. The molecule has 2 saturated carbocycles. The number of ketones is 1. The van der Waals surface area contributed by atoms with Gasteiger partial charge in [0.1, 0.15) is 0 Å². The predicted octanol–water partition coefficient (Wildman–Crippen LogP) is 3.10. The van der Waals surface area contributed by atoms with Gasteiger partial charge in [-0.2, -0.15) is 0 Å².